The maximum Gasteiger partial charge on any atom is 0.348 e. The second-order valence-corrected chi connectivity index (χ2v) is 2.95. The van der Waals surface area contributed by atoms with Crippen LogP contribution in [0.15, 0.2) is 4.79 Å². The zero-order valence-corrected chi connectivity index (χ0v) is 8.11. The average Bonchev–Trinajstić information content (AvgIpc) is 2.55. The molecule has 0 aliphatic rings. The Bertz CT molecular complexity index is 616. The van der Waals surface area contributed by atoms with E-state index in [1.807, 2.05) is 6.92 Å². The van der Waals surface area contributed by atoms with Crippen molar-refractivity contribution >= 4 is 17.0 Å². The van der Waals surface area contributed by atoms with Crippen molar-refractivity contribution in [2.75, 3.05) is 5.73 Å². The minimum atomic E-state index is -0.502. The van der Waals surface area contributed by atoms with E-state index in [9.17, 15) is 4.79 Å². The van der Waals surface area contributed by atoms with Gasteiger partial charge < -0.3 is 10.3 Å². The molecule has 0 atom stereocenters. The van der Waals surface area contributed by atoms with Gasteiger partial charge in [-0.15, -0.1) is 6.42 Å². The third kappa shape index (κ3) is 1.25. The van der Waals surface area contributed by atoms with Crippen LogP contribution in [-0.2, 0) is 6.54 Å². The van der Waals surface area contributed by atoms with Crippen molar-refractivity contribution in [3.8, 4) is 12.3 Å². The third-order valence-electron chi connectivity index (χ3n) is 2.09. The lowest BCUT2D eigenvalue weighted by Gasteiger charge is -1.99. The summed E-state index contributed by atoms with van der Waals surface area (Å²) in [5.74, 6) is 3.03. The molecule has 0 unspecified atom stereocenters. The van der Waals surface area contributed by atoms with Gasteiger partial charge in [0, 0.05) is 6.54 Å². The number of aromatic nitrogens is 4. The maximum atomic E-state index is 11.1. The van der Waals surface area contributed by atoms with Gasteiger partial charge in [0.1, 0.15) is 11.3 Å². The largest absolute Gasteiger partial charge is 0.383 e. The van der Waals surface area contributed by atoms with E-state index in [0.717, 1.165) is 0 Å². The van der Waals surface area contributed by atoms with Crippen LogP contribution in [0.3, 0.4) is 0 Å². The molecule has 0 saturated heterocycles. The molecule has 0 bridgehead atoms. The van der Waals surface area contributed by atoms with E-state index in [4.69, 9.17) is 12.2 Å². The molecule has 0 amide bonds. The number of anilines is 1. The van der Waals surface area contributed by atoms with Crippen molar-refractivity contribution in [3.63, 3.8) is 0 Å². The Labute approximate surface area is 85.2 Å². The van der Waals surface area contributed by atoms with Gasteiger partial charge in [0.15, 0.2) is 11.5 Å². The Morgan fingerprint density at radius 2 is 2.33 bits per heavy atom. The first-order valence-corrected chi connectivity index (χ1v) is 4.40. The second-order valence-electron chi connectivity index (χ2n) is 2.95. The van der Waals surface area contributed by atoms with Crippen LogP contribution in [-0.4, -0.2) is 19.5 Å². The minimum Gasteiger partial charge on any atom is -0.383 e. The van der Waals surface area contributed by atoms with Crippen LogP contribution in [0.2, 0.25) is 0 Å². The molecule has 15 heavy (non-hydrogen) atoms. The smallest absolute Gasteiger partial charge is 0.348 e. The molecule has 2 rings (SSSR count). The molecule has 6 heteroatoms. The lowest BCUT2D eigenvalue weighted by Crippen LogP contribution is -2.14. The zero-order valence-electron chi connectivity index (χ0n) is 8.11. The summed E-state index contributed by atoms with van der Waals surface area (Å²) in [6.07, 6.45) is 5.29. The Hall–Kier alpha value is -2.29. The number of H-pyrrole nitrogens is 1. The van der Waals surface area contributed by atoms with Crippen LogP contribution < -0.4 is 11.4 Å². The highest BCUT2D eigenvalue weighted by molar-refractivity contribution is 5.82. The molecule has 76 valence electrons. The van der Waals surface area contributed by atoms with E-state index >= 15 is 0 Å². The van der Waals surface area contributed by atoms with Gasteiger partial charge in [0.2, 0.25) is 0 Å². The number of nitrogens with one attached hydrogen (secondary N) is 1. The molecule has 2 heterocycles. The van der Waals surface area contributed by atoms with Crippen molar-refractivity contribution in [3.05, 3.63) is 16.3 Å². The number of nitrogens with zero attached hydrogens (tertiary/aromatic N) is 3. The summed E-state index contributed by atoms with van der Waals surface area (Å²) in [6.45, 7) is 2.48. The number of terminal acetylenes is 1. The summed E-state index contributed by atoms with van der Waals surface area (Å²) in [4.78, 5) is 21.4. The average molecular weight is 203 g/mol. The maximum absolute atomic E-state index is 11.1. The van der Waals surface area contributed by atoms with Gasteiger partial charge >= 0.3 is 5.69 Å². The van der Waals surface area contributed by atoms with Gasteiger partial charge in [-0.25, -0.2) is 9.78 Å². The van der Waals surface area contributed by atoms with Crippen LogP contribution in [0, 0.1) is 12.3 Å². The van der Waals surface area contributed by atoms with Crippen LogP contribution >= 0.6 is 0 Å². The molecule has 0 aliphatic carbocycles. The van der Waals surface area contributed by atoms with Crippen LogP contribution in [0.4, 0.5) is 5.82 Å². The van der Waals surface area contributed by atoms with E-state index in [-0.39, 0.29) is 5.82 Å². The molecule has 0 fully saturated rings. The molecule has 0 spiro atoms. The van der Waals surface area contributed by atoms with Crippen LogP contribution in [0.5, 0.6) is 0 Å². The third-order valence-corrected chi connectivity index (χ3v) is 2.09. The van der Waals surface area contributed by atoms with Crippen molar-refractivity contribution in [1.82, 2.24) is 19.5 Å². The molecule has 3 N–H and O–H groups in total. The van der Waals surface area contributed by atoms with Crippen LogP contribution in [0.1, 0.15) is 12.7 Å². The Morgan fingerprint density at radius 3 is 2.93 bits per heavy atom. The number of hydrogen-bond donors (Lipinski definition) is 2. The molecule has 2 aromatic heterocycles. The highest BCUT2D eigenvalue weighted by atomic mass is 16.1. The SMILES string of the molecule is C#Cc1nc2c(N)[nH]c(=O)nc2n1CC. The van der Waals surface area contributed by atoms with Gasteiger partial charge in [0.05, 0.1) is 0 Å². The number of nitrogens with two attached hydrogens (primary N) is 1. The second kappa shape index (κ2) is 3.13. The molecule has 2 aromatic rings. The van der Waals surface area contributed by atoms with E-state index in [0.29, 0.717) is 23.5 Å². The monoisotopic (exact) mass is 203 g/mol. The minimum absolute atomic E-state index is 0.189. The van der Waals surface area contributed by atoms with Gasteiger partial charge in [-0.05, 0) is 12.8 Å². The van der Waals surface area contributed by atoms with E-state index in [1.54, 1.807) is 4.57 Å². The number of imidazole rings is 1. The van der Waals surface area contributed by atoms with Crippen molar-refractivity contribution in [1.29, 1.82) is 0 Å². The molecule has 0 aromatic carbocycles. The van der Waals surface area contributed by atoms with E-state index in [1.165, 1.54) is 0 Å². The quantitative estimate of drug-likeness (QED) is 0.623. The molecular formula is C9H9N5O. The lowest BCUT2D eigenvalue weighted by atomic mass is 10.5. The number of fused-ring (bicyclic) bond motifs is 1. The molecule has 6 nitrogen and oxygen atoms in total. The summed E-state index contributed by atoms with van der Waals surface area (Å²) < 4.78 is 1.67. The van der Waals surface area contributed by atoms with Crippen molar-refractivity contribution in [2.45, 2.75) is 13.5 Å². The number of aromatic amines is 1. The molecule has 0 radical (unpaired) electrons. The summed E-state index contributed by atoms with van der Waals surface area (Å²) in [6, 6.07) is 0. The number of nitrogen functional groups attached to an aromatic ring is 1. The number of rotatable bonds is 1. The first-order valence-electron chi connectivity index (χ1n) is 4.40. The summed E-state index contributed by atoms with van der Waals surface area (Å²) in [5.41, 5.74) is 5.96. The summed E-state index contributed by atoms with van der Waals surface area (Å²) in [7, 11) is 0. The predicted octanol–water partition coefficient (Wildman–Crippen LogP) is -0.297. The van der Waals surface area contributed by atoms with Gasteiger partial charge in [-0.1, -0.05) is 0 Å². The Balaban J connectivity index is 2.96. The zero-order chi connectivity index (χ0) is 11.0. The topological polar surface area (TPSA) is 89.6 Å². The van der Waals surface area contributed by atoms with E-state index in [2.05, 4.69) is 20.9 Å². The van der Waals surface area contributed by atoms with Crippen molar-refractivity contribution < 1.29 is 0 Å². The molecule has 0 saturated carbocycles. The van der Waals surface area contributed by atoms with Crippen molar-refractivity contribution in [2.24, 2.45) is 0 Å². The normalized spacial score (nSPS) is 10.4. The Kier molecular flexibility index (Phi) is 1.94. The highest BCUT2D eigenvalue weighted by Gasteiger charge is 2.12. The summed E-state index contributed by atoms with van der Waals surface area (Å²) >= 11 is 0. The van der Waals surface area contributed by atoms with Crippen LogP contribution in [0.25, 0.3) is 11.2 Å². The van der Waals surface area contributed by atoms with Gasteiger partial charge in [-0.2, -0.15) is 4.98 Å². The molecule has 0 aliphatic heterocycles. The fourth-order valence-electron chi connectivity index (χ4n) is 1.45. The number of aryl methyl sites for hydroxylation is 1. The van der Waals surface area contributed by atoms with Gasteiger partial charge in [0.25, 0.3) is 0 Å². The standard InChI is InChI=1S/C9H9N5O/c1-3-5-11-6-7(10)12-9(15)13-8(6)14(5)4-2/h1H,4H2,2H3,(H3,10,12,13,15). The Morgan fingerprint density at radius 1 is 1.60 bits per heavy atom. The predicted molar refractivity (Wildman–Crippen MR) is 56.2 cm³/mol. The fourth-order valence-corrected chi connectivity index (χ4v) is 1.45. The first kappa shape index (κ1) is 9.27. The lowest BCUT2D eigenvalue weighted by molar-refractivity contribution is 0.764. The molecular weight excluding hydrogens is 194 g/mol. The van der Waals surface area contributed by atoms with E-state index < -0.39 is 5.69 Å². The highest BCUT2D eigenvalue weighted by Crippen LogP contribution is 2.15. The fraction of sp³-hybridized carbons (Fsp3) is 0.222. The first-order chi connectivity index (χ1) is 7.17. The summed E-state index contributed by atoms with van der Waals surface area (Å²) in [5, 5.41) is 0. The van der Waals surface area contributed by atoms with Gasteiger partial charge in [-0.3, -0.25) is 4.98 Å². The number of hydrogen-bond acceptors (Lipinski definition) is 4.